The first-order valence-electron chi connectivity index (χ1n) is 10.9. The van der Waals surface area contributed by atoms with E-state index in [9.17, 15) is 18.0 Å². The van der Waals surface area contributed by atoms with Crippen LogP contribution in [0.15, 0.2) is 17.0 Å². The Morgan fingerprint density at radius 1 is 1.19 bits per heavy atom. The van der Waals surface area contributed by atoms with Gasteiger partial charge in [0.15, 0.2) is 0 Å². The number of piperazine rings is 1. The largest absolute Gasteiger partial charge is 0.340 e. The van der Waals surface area contributed by atoms with E-state index in [0.717, 1.165) is 10.6 Å². The lowest BCUT2D eigenvalue weighted by molar-refractivity contribution is -0.134. The van der Waals surface area contributed by atoms with Crippen molar-refractivity contribution in [3.05, 3.63) is 17.8 Å². The molecule has 0 atom stereocenters. The Bertz CT molecular complexity index is 924. The van der Waals surface area contributed by atoms with Gasteiger partial charge in [0.05, 0.1) is 6.26 Å². The number of thioether (sulfide) groups is 1. The van der Waals surface area contributed by atoms with Crippen molar-refractivity contribution in [3.63, 3.8) is 0 Å². The Kier molecular flexibility index (Phi) is 9.13. The molecule has 1 aliphatic heterocycles. The zero-order valence-electron chi connectivity index (χ0n) is 20.0. The summed E-state index contributed by atoms with van der Waals surface area (Å²) in [5, 5.41) is 2.89. The number of carbonyl (C=O) groups excluding carboxylic acids is 2. The van der Waals surface area contributed by atoms with Gasteiger partial charge in [-0.25, -0.2) is 13.4 Å². The molecule has 180 valence electrons. The molecule has 0 bridgehead atoms. The fourth-order valence-electron chi connectivity index (χ4n) is 3.74. The molecule has 1 aromatic heterocycles. The molecule has 1 aromatic rings. The number of anilines is 1. The highest BCUT2D eigenvalue weighted by molar-refractivity contribution is 7.98. The van der Waals surface area contributed by atoms with Crippen LogP contribution < -0.4 is 5.32 Å². The van der Waals surface area contributed by atoms with E-state index in [2.05, 4.69) is 10.3 Å². The lowest BCUT2D eigenvalue weighted by Gasteiger charge is -2.35. The number of nitrogens with zero attached hydrogens (tertiary/aromatic N) is 3. The monoisotopic (exact) mass is 484 g/mol. The van der Waals surface area contributed by atoms with Crippen LogP contribution in [0.5, 0.6) is 0 Å². The molecule has 2 rings (SSSR count). The van der Waals surface area contributed by atoms with Crippen molar-refractivity contribution in [1.29, 1.82) is 0 Å². The molecule has 1 saturated heterocycles. The Balaban J connectivity index is 2.03. The van der Waals surface area contributed by atoms with E-state index >= 15 is 0 Å². The van der Waals surface area contributed by atoms with E-state index in [4.69, 9.17) is 0 Å². The number of hydrogen-bond donors (Lipinski definition) is 1. The maximum absolute atomic E-state index is 12.9. The summed E-state index contributed by atoms with van der Waals surface area (Å²) in [5.41, 5.74) is 0.491. The molecule has 1 fully saturated rings. The van der Waals surface area contributed by atoms with Crippen molar-refractivity contribution < 1.29 is 18.0 Å². The molecule has 0 spiro atoms. The fraction of sp³-hybridized carbons (Fsp3) is 0.682. The van der Waals surface area contributed by atoms with Gasteiger partial charge < -0.3 is 10.2 Å². The molecule has 0 aliphatic carbocycles. The second kappa shape index (κ2) is 11.0. The van der Waals surface area contributed by atoms with Crippen LogP contribution in [0, 0.1) is 11.3 Å². The Labute approximate surface area is 196 Å². The molecule has 8 nitrogen and oxygen atoms in total. The molecule has 10 heteroatoms. The van der Waals surface area contributed by atoms with E-state index in [1.807, 2.05) is 46.1 Å². The summed E-state index contributed by atoms with van der Waals surface area (Å²) < 4.78 is 24.8. The van der Waals surface area contributed by atoms with Gasteiger partial charge in [-0.2, -0.15) is 4.31 Å². The van der Waals surface area contributed by atoms with Crippen LogP contribution in [-0.2, 0) is 26.0 Å². The lowest BCUT2D eigenvalue weighted by Crippen LogP contribution is -2.50. The molecular weight excluding hydrogens is 448 g/mol. The van der Waals surface area contributed by atoms with Gasteiger partial charge >= 0.3 is 0 Å². The maximum atomic E-state index is 12.9. The number of pyridine rings is 1. The normalized spacial score (nSPS) is 15.8. The Morgan fingerprint density at radius 2 is 1.81 bits per heavy atom. The number of amides is 2. The molecule has 1 N–H and O–H groups in total. The smallest absolute Gasteiger partial charge is 0.225 e. The first-order valence-corrected chi connectivity index (χ1v) is 13.9. The maximum Gasteiger partial charge on any atom is 0.225 e. The van der Waals surface area contributed by atoms with E-state index in [-0.39, 0.29) is 23.1 Å². The van der Waals surface area contributed by atoms with Crippen molar-refractivity contribution in [2.24, 2.45) is 11.3 Å². The van der Waals surface area contributed by atoms with Gasteiger partial charge in [-0.05, 0) is 36.1 Å². The minimum Gasteiger partial charge on any atom is -0.340 e. The van der Waals surface area contributed by atoms with Crippen LogP contribution in [0.2, 0.25) is 0 Å². The summed E-state index contributed by atoms with van der Waals surface area (Å²) in [7, 11) is -3.22. The van der Waals surface area contributed by atoms with E-state index in [1.54, 1.807) is 16.7 Å². The standard InChI is InChI=1S/C22H36N4O4S2/c1-16(2)11-20(27)24-19-13-18(31-5)12-17(23-19)14-22(3,4)15-21(28)25-7-9-26(10-8-25)32(6,29)30/h12-13,16H,7-11,14-15H2,1-6H3,(H,23,24,27). The van der Waals surface area contributed by atoms with Crippen molar-refractivity contribution in [1.82, 2.24) is 14.2 Å². The van der Waals surface area contributed by atoms with Crippen molar-refractivity contribution in [2.75, 3.05) is 44.0 Å². The molecule has 32 heavy (non-hydrogen) atoms. The van der Waals surface area contributed by atoms with Crippen molar-refractivity contribution in [2.45, 2.75) is 51.9 Å². The number of sulfonamides is 1. The average Bonchev–Trinajstić information content (AvgIpc) is 2.65. The van der Waals surface area contributed by atoms with Crippen molar-refractivity contribution >= 4 is 39.4 Å². The average molecular weight is 485 g/mol. The van der Waals surface area contributed by atoms with Crippen LogP contribution in [-0.4, -0.2) is 73.1 Å². The minimum absolute atomic E-state index is 0.0228. The quantitative estimate of drug-likeness (QED) is 0.541. The third-order valence-electron chi connectivity index (χ3n) is 5.30. The lowest BCUT2D eigenvalue weighted by atomic mass is 9.83. The minimum atomic E-state index is -3.22. The summed E-state index contributed by atoms with van der Waals surface area (Å²) >= 11 is 1.58. The second-order valence-electron chi connectivity index (χ2n) is 9.59. The molecule has 0 aromatic carbocycles. The second-order valence-corrected chi connectivity index (χ2v) is 12.5. The summed E-state index contributed by atoms with van der Waals surface area (Å²) in [6.07, 6.45) is 4.54. The number of carbonyl (C=O) groups is 2. The molecule has 2 heterocycles. The van der Waals surface area contributed by atoms with Crippen LogP contribution in [0.1, 0.15) is 46.2 Å². The van der Waals surface area contributed by atoms with Gasteiger partial charge in [-0.3, -0.25) is 9.59 Å². The molecule has 0 radical (unpaired) electrons. The highest BCUT2D eigenvalue weighted by Crippen LogP contribution is 2.29. The van der Waals surface area contributed by atoms with E-state index in [1.165, 1.54) is 10.6 Å². The third kappa shape index (κ3) is 8.37. The van der Waals surface area contributed by atoms with Crippen LogP contribution in [0.4, 0.5) is 5.82 Å². The molecule has 0 saturated carbocycles. The van der Waals surface area contributed by atoms with E-state index < -0.39 is 10.0 Å². The van der Waals surface area contributed by atoms with Crippen LogP contribution in [0.3, 0.4) is 0 Å². The van der Waals surface area contributed by atoms with Gasteiger partial charge in [-0.15, -0.1) is 11.8 Å². The topological polar surface area (TPSA) is 99.7 Å². The highest BCUT2D eigenvalue weighted by Gasteiger charge is 2.30. The fourth-order valence-corrected chi connectivity index (χ4v) is 5.05. The van der Waals surface area contributed by atoms with Crippen molar-refractivity contribution in [3.8, 4) is 0 Å². The SMILES string of the molecule is CSc1cc(CC(C)(C)CC(=O)N2CCN(S(C)(=O)=O)CC2)nc(NC(=O)CC(C)C)c1. The molecule has 1 aliphatic rings. The number of rotatable bonds is 9. The molecule has 2 amide bonds. The van der Waals surface area contributed by atoms with Crippen LogP contribution >= 0.6 is 11.8 Å². The summed E-state index contributed by atoms with van der Waals surface area (Å²) in [6.45, 7) is 9.55. The van der Waals surface area contributed by atoms with E-state index in [0.29, 0.717) is 51.3 Å². The van der Waals surface area contributed by atoms with Crippen LogP contribution in [0.25, 0.3) is 0 Å². The van der Waals surface area contributed by atoms with Gasteiger partial charge in [0.2, 0.25) is 21.8 Å². The highest BCUT2D eigenvalue weighted by atomic mass is 32.2. The third-order valence-corrected chi connectivity index (χ3v) is 7.31. The van der Waals surface area contributed by atoms with Gasteiger partial charge in [0.25, 0.3) is 0 Å². The van der Waals surface area contributed by atoms with Gasteiger partial charge in [-0.1, -0.05) is 27.7 Å². The summed E-state index contributed by atoms with van der Waals surface area (Å²) in [5.74, 6) is 0.771. The number of hydrogen-bond acceptors (Lipinski definition) is 6. The zero-order valence-corrected chi connectivity index (χ0v) is 21.6. The first kappa shape index (κ1) is 26.6. The predicted molar refractivity (Wildman–Crippen MR) is 129 cm³/mol. The predicted octanol–water partition coefficient (Wildman–Crippen LogP) is 2.85. The Hall–Kier alpha value is -1.65. The molecular formula is C22H36N4O4S2. The Morgan fingerprint density at radius 3 is 2.34 bits per heavy atom. The first-order chi connectivity index (χ1) is 14.8. The zero-order chi connectivity index (χ0) is 24.1. The summed E-state index contributed by atoms with van der Waals surface area (Å²) in [4.78, 5) is 32.4. The van der Waals surface area contributed by atoms with Gasteiger partial charge in [0, 0.05) is 49.6 Å². The summed E-state index contributed by atoms with van der Waals surface area (Å²) in [6, 6.07) is 3.87. The van der Waals surface area contributed by atoms with Gasteiger partial charge in [0.1, 0.15) is 5.82 Å². The number of aromatic nitrogens is 1. The molecule has 0 unspecified atom stereocenters. The number of nitrogens with one attached hydrogen (secondary N) is 1.